The van der Waals surface area contributed by atoms with Gasteiger partial charge in [-0.25, -0.2) is 4.98 Å². The zero-order chi connectivity index (χ0) is 21.3. The molecular formula is C25H15BrN2O2S. The highest BCUT2D eigenvalue weighted by Gasteiger charge is 2.42. The molecule has 150 valence electrons. The summed E-state index contributed by atoms with van der Waals surface area (Å²) in [6.07, 6.45) is 0. The Bertz CT molecular complexity index is 1470. The zero-order valence-electron chi connectivity index (χ0n) is 16.4. The first kappa shape index (κ1) is 18.7. The predicted octanol–water partition coefficient (Wildman–Crippen LogP) is 6.10. The number of carbonyl (C=O) groups is 2. The summed E-state index contributed by atoms with van der Waals surface area (Å²) in [6, 6.07) is 19.4. The van der Waals surface area contributed by atoms with E-state index in [-0.39, 0.29) is 5.92 Å². The van der Waals surface area contributed by atoms with Crippen LogP contribution in [0.4, 0.5) is 5.69 Å². The summed E-state index contributed by atoms with van der Waals surface area (Å²) in [5, 5.41) is 4.45. The van der Waals surface area contributed by atoms with Gasteiger partial charge in [0.05, 0.1) is 20.9 Å². The van der Waals surface area contributed by atoms with Crippen LogP contribution in [0.25, 0.3) is 15.9 Å². The molecular weight excluding hydrogens is 472 g/mol. The van der Waals surface area contributed by atoms with Gasteiger partial charge in [-0.1, -0.05) is 52.3 Å². The van der Waals surface area contributed by atoms with E-state index in [1.807, 2.05) is 43.3 Å². The molecule has 1 aromatic heterocycles. The normalized spacial score (nSPS) is 17.3. The average Bonchev–Trinajstić information content (AvgIpc) is 3.17. The van der Waals surface area contributed by atoms with Gasteiger partial charge in [-0.15, -0.1) is 11.3 Å². The topological polar surface area (TPSA) is 59.1 Å². The molecule has 0 radical (unpaired) electrons. The lowest BCUT2D eigenvalue weighted by Crippen LogP contribution is -2.32. The van der Waals surface area contributed by atoms with Crippen molar-refractivity contribution in [3.05, 3.63) is 98.0 Å². The van der Waals surface area contributed by atoms with Crippen molar-refractivity contribution in [2.24, 2.45) is 0 Å². The summed E-state index contributed by atoms with van der Waals surface area (Å²) in [6.45, 7) is 1.98. The van der Waals surface area contributed by atoms with Gasteiger partial charge in [0.2, 0.25) is 11.6 Å². The molecule has 6 rings (SSSR count). The summed E-state index contributed by atoms with van der Waals surface area (Å²) in [4.78, 5) is 31.3. The lowest BCUT2D eigenvalue weighted by molar-refractivity contribution is -0.112. The fourth-order valence-corrected chi connectivity index (χ4v) is 5.71. The van der Waals surface area contributed by atoms with Crippen molar-refractivity contribution in [2.75, 3.05) is 5.32 Å². The van der Waals surface area contributed by atoms with Crippen molar-refractivity contribution >= 4 is 60.4 Å². The van der Waals surface area contributed by atoms with Crippen LogP contribution in [0.2, 0.25) is 0 Å². The van der Waals surface area contributed by atoms with Crippen LogP contribution in [0.5, 0.6) is 0 Å². The van der Waals surface area contributed by atoms with Crippen LogP contribution < -0.4 is 5.32 Å². The van der Waals surface area contributed by atoms with Gasteiger partial charge < -0.3 is 5.32 Å². The molecule has 0 saturated carbocycles. The number of hydrogen-bond donors (Lipinski definition) is 1. The lowest BCUT2D eigenvalue weighted by atomic mass is 9.73. The molecule has 6 heteroatoms. The first-order valence-corrected chi connectivity index (χ1v) is 11.5. The molecule has 4 aromatic rings. The second-order valence-electron chi connectivity index (χ2n) is 7.71. The van der Waals surface area contributed by atoms with Crippen LogP contribution in [0, 0.1) is 6.92 Å². The second kappa shape index (κ2) is 6.70. The summed E-state index contributed by atoms with van der Waals surface area (Å²) in [7, 11) is 0. The Morgan fingerprint density at radius 3 is 2.45 bits per heavy atom. The molecule has 2 heterocycles. The molecule has 1 N–H and O–H groups in total. The highest BCUT2D eigenvalue weighted by atomic mass is 79.9. The quantitative estimate of drug-likeness (QED) is 0.330. The number of fused-ring (bicyclic) bond motifs is 5. The van der Waals surface area contributed by atoms with Crippen LogP contribution >= 0.6 is 27.3 Å². The van der Waals surface area contributed by atoms with Gasteiger partial charge in [-0.05, 0) is 36.8 Å². The summed E-state index contributed by atoms with van der Waals surface area (Å²) >= 11 is 5.13. The molecule has 3 aromatic carbocycles. The van der Waals surface area contributed by atoms with E-state index in [0.717, 1.165) is 42.1 Å². The molecule has 0 amide bonds. The summed E-state index contributed by atoms with van der Waals surface area (Å²) < 4.78 is 2.03. The van der Waals surface area contributed by atoms with E-state index in [9.17, 15) is 9.59 Å². The second-order valence-corrected chi connectivity index (χ2v) is 9.86. The van der Waals surface area contributed by atoms with Crippen molar-refractivity contribution < 1.29 is 9.59 Å². The van der Waals surface area contributed by atoms with E-state index in [1.165, 1.54) is 0 Å². The van der Waals surface area contributed by atoms with Crippen LogP contribution in [-0.2, 0) is 4.79 Å². The molecule has 1 atom stereocenters. The highest BCUT2D eigenvalue weighted by Crippen LogP contribution is 2.50. The monoisotopic (exact) mass is 486 g/mol. The van der Waals surface area contributed by atoms with Gasteiger partial charge in [0.25, 0.3) is 0 Å². The number of aromatic nitrogens is 1. The number of nitrogens with zero attached hydrogens (tertiary/aromatic N) is 1. The van der Waals surface area contributed by atoms with Gasteiger partial charge in [-0.3, -0.25) is 9.59 Å². The third-order valence-electron chi connectivity index (χ3n) is 5.91. The fraction of sp³-hybridized carbons (Fsp3) is 0.0800. The van der Waals surface area contributed by atoms with Crippen LogP contribution in [0.3, 0.4) is 0 Å². The number of benzene rings is 3. The number of thiazole rings is 1. The third-order valence-corrected chi connectivity index (χ3v) is 7.37. The Labute approximate surface area is 190 Å². The molecule has 4 nitrogen and oxygen atoms in total. The molecule has 0 saturated heterocycles. The summed E-state index contributed by atoms with van der Waals surface area (Å²) in [5.74, 6) is -1.29. The van der Waals surface area contributed by atoms with E-state index < -0.39 is 11.6 Å². The van der Waals surface area contributed by atoms with Crippen LogP contribution in [0.1, 0.15) is 38.0 Å². The van der Waals surface area contributed by atoms with Gasteiger partial charge in [-0.2, -0.15) is 0 Å². The van der Waals surface area contributed by atoms with Gasteiger partial charge in [0, 0.05) is 38.3 Å². The SMILES string of the molecule is Cc1nc2c3c(ccc2s1)NC1=C(C(=O)C(=O)c2ccccc21)C3c1ccc(Br)cc1. The largest absolute Gasteiger partial charge is 0.354 e. The minimum atomic E-state index is -0.455. The minimum Gasteiger partial charge on any atom is -0.354 e. The number of aryl methyl sites for hydroxylation is 1. The Morgan fingerprint density at radius 2 is 1.68 bits per heavy atom. The Kier molecular flexibility index (Phi) is 4.04. The number of rotatable bonds is 1. The molecule has 0 fully saturated rings. The Balaban J connectivity index is 1.72. The van der Waals surface area contributed by atoms with Crippen LogP contribution in [0.15, 0.2) is 70.7 Å². The molecule has 2 aliphatic rings. The molecule has 1 aliphatic carbocycles. The van der Waals surface area contributed by atoms with E-state index in [0.29, 0.717) is 16.8 Å². The average molecular weight is 487 g/mol. The maximum absolute atomic E-state index is 13.4. The number of allylic oxidation sites excluding steroid dienone is 1. The number of halogens is 1. The van der Waals surface area contributed by atoms with Crippen molar-refractivity contribution in [2.45, 2.75) is 12.8 Å². The standard InChI is InChI=1S/C25H15BrN2O2S/c1-12-27-23-18(31-12)11-10-17-20(23)19(13-6-8-14(26)9-7-13)21-22(28-17)15-4-2-3-5-16(15)24(29)25(21)30/h2-11,19,28H,1H3. The predicted molar refractivity (Wildman–Crippen MR) is 127 cm³/mol. The van der Waals surface area contributed by atoms with E-state index in [2.05, 4.69) is 33.4 Å². The van der Waals surface area contributed by atoms with Crippen molar-refractivity contribution in [1.29, 1.82) is 0 Å². The fourth-order valence-electron chi connectivity index (χ4n) is 4.61. The summed E-state index contributed by atoms with van der Waals surface area (Å²) in [5.41, 5.74) is 6.13. The Hall–Kier alpha value is -3.09. The third kappa shape index (κ3) is 2.68. The first-order chi connectivity index (χ1) is 15.0. The maximum atomic E-state index is 13.4. The highest BCUT2D eigenvalue weighted by molar-refractivity contribution is 9.10. The molecule has 1 unspecified atom stereocenters. The number of hydrogen-bond acceptors (Lipinski definition) is 5. The van der Waals surface area contributed by atoms with E-state index >= 15 is 0 Å². The lowest BCUT2D eigenvalue weighted by Gasteiger charge is -2.34. The molecule has 1 aliphatic heterocycles. The maximum Gasteiger partial charge on any atom is 0.233 e. The number of nitrogens with one attached hydrogen (secondary N) is 1. The van der Waals surface area contributed by atoms with Gasteiger partial charge in [0.1, 0.15) is 0 Å². The van der Waals surface area contributed by atoms with E-state index in [1.54, 1.807) is 23.5 Å². The number of Topliss-reactive ketones (excluding diaryl/α,β-unsaturated/α-hetero) is 2. The van der Waals surface area contributed by atoms with Crippen molar-refractivity contribution in [3.63, 3.8) is 0 Å². The van der Waals surface area contributed by atoms with Crippen LogP contribution in [-0.4, -0.2) is 16.6 Å². The van der Waals surface area contributed by atoms with E-state index in [4.69, 9.17) is 4.98 Å². The number of carbonyl (C=O) groups excluding carboxylic acids is 2. The minimum absolute atomic E-state index is 0.380. The molecule has 31 heavy (non-hydrogen) atoms. The zero-order valence-corrected chi connectivity index (χ0v) is 18.8. The molecule has 0 bridgehead atoms. The molecule has 0 spiro atoms. The van der Waals surface area contributed by atoms with Crippen molar-refractivity contribution in [3.8, 4) is 0 Å². The van der Waals surface area contributed by atoms with Gasteiger partial charge in [0.15, 0.2) is 0 Å². The number of anilines is 1. The van der Waals surface area contributed by atoms with Gasteiger partial charge >= 0.3 is 0 Å². The first-order valence-electron chi connectivity index (χ1n) is 9.88. The number of ketones is 2. The van der Waals surface area contributed by atoms with Crippen molar-refractivity contribution in [1.82, 2.24) is 4.98 Å². The Morgan fingerprint density at radius 1 is 0.935 bits per heavy atom. The smallest absolute Gasteiger partial charge is 0.233 e.